The van der Waals surface area contributed by atoms with Gasteiger partial charge < -0.3 is 14.4 Å². The summed E-state index contributed by atoms with van der Waals surface area (Å²) in [5.74, 6) is -0.0993. The van der Waals surface area contributed by atoms with E-state index < -0.39 is 12.0 Å². The number of amides is 1. The number of anilines is 1. The highest BCUT2D eigenvalue weighted by molar-refractivity contribution is 7.07. The lowest BCUT2D eigenvalue weighted by molar-refractivity contribution is -0.143. The van der Waals surface area contributed by atoms with Crippen LogP contribution in [0.4, 0.5) is 5.69 Å². The number of aromatic nitrogens is 1. The molecule has 1 amide bonds. The van der Waals surface area contributed by atoms with Crippen molar-refractivity contribution in [2.45, 2.75) is 39.8 Å². The Kier molecular flexibility index (Phi) is 6.33. The van der Waals surface area contributed by atoms with E-state index in [4.69, 9.17) is 9.47 Å². The topological polar surface area (TPSA) is 90.2 Å². The maximum atomic E-state index is 14.1. The van der Waals surface area contributed by atoms with Gasteiger partial charge in [0.15, 0.2) is 4.80 Å². The minimum Gasteiger partial charge on any atom is -0.497 e. The van der Waals surface area contributed by atoms with Crippen LogP contribution >= 0.6 is 11.3 Å². The molecule has 2 aromatic carbocycles. The normalized spacial score (nSPS) is 18.1. The maximum Gasteiger partial charge on any atom is 0.338 e. The number of allylic oxidation sites excluding steroid dienone is 1. The fourth-order valence-electron chi connectivity index (χ4n) is 4.83. The summed E-state index contributed by atoms with van der Waals surface area (Å²) in [7, 11) is 1.57. The van der Waals surface area contributed by atoms with Crippen molar-refractivity contribution in [2.24, 2.45) is 4.99 Å². The largest absolute Gasteiger partial charge is 0.497 e. The quantitative estimate of drug-likeness (QED) is 0.486. The number of carbonyl (C=O) groups is 2. The Morgan fingerprint density at radius 2 is 1.81 bits per heavy atom. The first kappa shape index (κ1) is 24.7. The molecule has 5 rings (SSSR count). The third-order valence-electron chi connectivity index (χ3n) is 6.46. The van der Waals surface area contributed by atoms with Crippen LogP contribution in [0.5, 0.6) is 5.75 Å². The van der Waals surface area contributed by atoms with Gasteiger partial charge in [-0.1, -0.05) is 41.7 Å². The number of esters is 1. The summed E-state index contributed by atoms with van der Waals surface area (Å²) in [6.45, 7) is 7.67. The summed E-state index contributed by atoms with van der Waals surface area (Å²) in [5.41, 5.74) is 2.95. The molecule has 0 N–H and O–H groups in total. The number of methoxy groups -OCH3 is 1. The van der Waals surface area contributed by atoms with Gasteiger partial charge in [-0.05, 0) is 51.5 Å². The highest BCUT2D eigenvalue weighted by Gasteiger charge is 2.37. The van der Waals surface area contributed by atoms with E-state index >= 15 is 0 Å². The number of nitrogens with zero attached hydrogens (tertiary/aromatic N) is 3. The number of para-hydroxylation sites is 1. The van der Waals surface area contributed by atoms with E-state index in [-0.39, 0.29) is 23.1 Å². The second kappa shape index (κ2) is 9.48. The van der Waals surface area contributed by atoms with Gasteiger partial charge in [0, 0.05) is 12.1 Å². The van der Waals surface area contributed by atoms with Crippen LogP contribution in [0, 0.1) is 0 Å². The van der Waals surface area contributed by atoms with Crippen LogP contribution < -0.4 is 24.5 Å². The van der Waals surface area contributed by atoms with E-state index in [0.717, 1.165) is 22.6 Å². The average molecular weight is 518 g/mol. The Hall–Kier alpha value is -3.98. The number of hydrogen-bond donors (Lipinski definition) is 0. The molecule has 37 heavy (non-hydrogen) atoms. The van der Waals surface area contributed by atoms with Gasteiger partial charge in [-0.25, -0.2) is 9.79 Å². The van der Waals surface area contributed by atoms with Gasteiger partial charge in [-0.15, -0.1) is 0 Å². The number of benzene rings is 2. The van der Waals surface area contributed by atoms with Crippen molar-refractivity contribution in [1.82, 2.24) is 4.57 Å². The van der Waals surface area contributed by atoms with Gasteiger partial charge in [0.2, 0.25) is 0 Å². The van der Waals surface area contributed by atoms with Crippen molar-refractivity contribution in [3.05, 3.63) is 90.6 Å². The van der Waals surface area contributed by atoms with Crippen LogP contribution in [0.3, 0.4) is 0 Å². The molecule has 0 fully saturated rings. The van der Waals surface area contributed by atoms with Crippen molar-refractivity contribution in [3.63, 3.8) is 0 Å². The predicted octanol–water partition coefficient (Wildman–Crippen LogP) is 2.93. The highest BCUT2D eigenvalue weighted by atomic mass is 32.1. The molecule has 0 saturated carbocycles. The number of thiazole rings is 1. The van der Waals surface area contributed by atoms with Crippen LogP contribution in [0.1, 0.15) is 44.9 Å². The van der Waals surface area contributed by atoms with Crippen LogP contribution in [0.2, 0.25) is 0 Å². The third kappa shape index (κ3) is 3.99. The highest BCUT2D eigenvalue weighted by Crippen LogP contribution is 2.35. The molecule has 3 aromatic rings. The molecule has 9 heteroatoms. The smallest absolute Gasteiger partial charge is 0.338 e. The van der Waals surface area contributed by atoms with Crippen LogP contribution in [0.15, 0.2) is 69.6 Å². The summed E-state index contributed by atoms with van der Waals surface area (Å²) in [6.07, 6.45) is -0.344. The molecule has 0 spiro atoms. The number of fused-ring (bicyclic) bond motifs is 2. The summed E-state index contributed by atoms with van der Waals surface area (Å²) >= 11 is 1.16. The Morgan fingerprint density at radius 3 is 2.46 bits per heavy atom. The van der Waals surface area contributed by atoms with Gasteiger partial charge in [0.1, 0.15) is 10.3 Å². The van der Waals surface area contributed by atoms with Crippen molar-refractivity contribution in [3.8, 4) is 5.75 Å². The maximum absolute atomic E-state index is 14.1. The third-order valence-corrected chi connectivity index (χ3v) is 7.51. The first-order chi connectivity index (χ1) is 17.8. The SMILES string of the molecule is CCN1C(=O)/C(=c2/sc3n(c2=O)C(c2ccc(OC)cc2)C(C(=O)OC(C)C)=C(C)N=3)c2ccccc21. The summed E-state index contributed by atoms with van der Waals surface area (Å²) in [6, 6.07) is 13.9. The van der Waals surface area contributed by atoms with Gasteiger partial charge >= 0.3 is 5.97 Å². The Balaban J connectivity index is 1.80. The zero-order chi connectivity index (χ0) is 26.4. The zero-order valence-corrected chi connectivity index (χ0v) is 22.1. The van der Waals surface area contributed by atoms with E-state index in [0.29, 0.717) is 38.5 Å². The van der Waals surface area contributed by atoms with Crippen LogP contribution in [-0.4, -0.2) is 36.2 Å². The number of rotatable bonds is 5. The molecule has 0 saturated heterocycles. The van der Waals surface area contributed by atoms with Crippen molar-refractivity contribution >= 4 is 34.5 Å². The van der Waals surface area contributed by atoms with Gasteiger partial charge in [0.05, 0.1) is 41.8 Å². The number of likely N-dealkylation sites (N-methyl/N-ethyl adjacent to an activating group) is 1. The summed E-state index contributed by atoms with van der Waals surface area (Å²) in [5, 5.41) is 0. The monoisotopic (exact) mass is 517 g/mol. The van der Waals surface area contributed by atoms with Crippen LogP contribution in [0.25, 0.3) is 5.57 Å². The molecule has 8 nitrogen and oxygen atoms in total. The van der Waals surface area contributed by atoms with E-state index in [1.165, 1.54) is 4.57 Å². The van der Waals surface area contributed by atoms with Gasteiger partial charge in [-0.2, -0.15) is 0 Å². The molecule has 1 unspecified atom stereocenters. The van der Waals surface area contributed by atoms with E-state index in [9.17, 15) is 14.4 Å². The van der Waals surface area contributed by atoms with Crippen molar-refractivity contribution in [1.29, 1.82) is 0 Å². The number of hydrogen-bond acceptors (Lipinski definition) is 7. The fraction of sp³-hybridized carbons (Fsp3) is 0.286. The second-order valence-electron chi connectivity index (χ2n) is 9.07. The lowest BCUT2D eigenvalue weighted by Gasteiger charge is -2.25. The molecule has 3 heterocycles. The number of ether oxygens (including phenoxy) is 2. The molecule has 190 valence electrons. The minimum absolute atomic E-state index is 0.217. The molecule has 1 atom stereocenters. The molecule has 0 bridgehead atoms. The summed E-state index contributed by atoms with van der Waals surface area (Å²) < 4.78 is 12.7. The Morgan fingerprint density at radius 1 is 1.11 bits per heavy atom. The lowest BCUT2D eigenvalue weighted by atomic mass is 9.95. The molecular weight excluding hydrogens is 490 g/mol. The first-order valence-electron chi connectivity index (χ1n) is 12.1. The standard InChI is InChI=1S/C28H27N3O5S/c1-6-30-20-10-8-7-9-19(20)22(25(30)32)24-26(33)31-23(17-11-13-18(35-5)14-12-17)21(27(34)36-15(2)3)16(4)29-28(31)37-24/h7-15,23H,6H2,1-5H3/b24-22+. The van der Waals surface area contributed by atoms with Crippen molar-refractivity contribution < 1.29 is 19.1 Å². The molecule has 2 aliphatic heterocycles. The average Bonchev–Trinajstić information content (AvgIpc) is 3.34. The Labute approximate surface area is 217 Å². The van der Waals surface area contributed by atoms with Crippen molar-refractivity contribution in [2.75, 3.05) is 18.6 Å². The first-order valence-corrected chi connectivity index (χ1v) is 12.9. The number of carbonyl (C=O) groups excluding carboxylic acids is 2. The van der Waals surface area contributed by atoms with E-state index in [2.05, 4.69) is 4.99 Å². The van der Waals surface area contributed by atoms with Crippen LogP contribution in [-0.2, 0) is 14.3 Å². The van der Waals surface area contributed by atoms with E-state index in [1.807, 2.05) is 43.3 Å². The lowest BCUT2D eigenvalue weighted by Crippen LogP contribution is -2.41. The molecule has 2 aliphatic rings. The fourth-order valence-corrected chi connectivity index (χ4v) is 5.96. The zero-order valence-electron chi connectivity index (χ0n) is 21.3. The van der Waals surface area contributed by atoms with Gasteiger partial charge in [-0.3, -0.25) is 14.2 Å². The predicted molar refractivity (Wildman–Crippen MR) is 141 cm³/mol. The molecule has 0 aliphatic carbocycles. The summed E-state index contributed by atoms with van der Waals surface area (Å²) in [4.78, 5) is 47.5. The Bertz CT molecular complexity index is 1630. The van der Waals surface area contributed by atoms with E-state index in [1.54, 1.807) is 44.9 Å². The molecular formula is C28H27N3O5S. The van der Waals surface area contributed by atoms with Gasteiger partial charge in [0.25, 0.3) is 11.5 Å². The molecule has 1 aromatic heterocycles. The minimum atomic E-state index is -0.767. The molecule has 0 radical (unpaired) electrons. The second-order valence-corrected chi connectivity index (χ2v) is 10.0.